The number of benzene rings is 2. The van der Waals surface area contributed by atoms with E-state index < -0.39 is 11.9 Å². The minimum atomic E-state index is -0.415. The molecule has 0 saturated heterocycles. The first-order valence-electron chi connectivity index (χ1n) is 10.3. The molecule has 0 spiro atoms. The normalized spacial score (nSPS) is 16.3. The second kappa shape index (κ2) is 9.60. The predicted octanol–water partition coefficient (Wildman–Crippen LogP) is 4.13. The van der Waals surface area contributed by atoms with Crippen LogP contribution in [0.25, 0.3) is 0 Å². The van der Waals surface area contributed by atoms with Crippen molar-refractivity contribution in [3.8, 4) is 0 Å². The molecular weight excluding hydrogens is 394 g/mol. The van der Waals surface area contributed by atoms with Crippen LogP contribution in [0.2, 0.25) is 0 Å². The lowest BCUT2D eigenvalue weighted by Crippen LogP contribution is -2.38. The number of carbonyl (C=O) groups is 3. The van der Waals surface area contributed by atoms with Gasteiger partial charge in [-0.05, 0) is 44.0 Å². The number of esters is 2. The lowest BCUT2D eigenvalue weighted by atomic mass is 9.83. The zero-order chi connectivity index (χ0) is 22.5. The number of hydrogen-bond donors (Lipinski definition) is 0. The van der Waals surface area contributed by atoms with Crippen molar-refractivity contribution in [2.24, 2.45) is 0 Å². The summed E-state index contributed by atoms with van der Waals surface area (Å²) in [5.74, 6) is -1.22. The second-order valence-electron chi connectivity index (χ2n) is 7.56. The summed E-state index contributed by atoms with van der Waals surface area (Å²) < 4.78 is 10.1. The third kappa shape index (κ3) is 4.85. The van der Waals surface area contributed by atoms with Gasteiger partial charge in [-0.1, -0.05) is 42.0 Å². The number of aryl methyl sites for hydroxylation is 1. The predicted molar refractivity (Wildman–Crippen MR) is 116 cm³/mol. The first-order chi connectivity index (χ1) is 14.8. The monoisotopic (exact) mass is 421 g/mol. The smallest absolute Gasteiger partial charge is 0.337 e. The number of allylic oxidation sites excluding steroid dienone is 1. The molecule has 0 aliphatic carbocycles. The number of carbonyl (C=O) groups excluding carboxylic acids is 3. The van der Waals surface area contributed by atoms with E-state index >= 15 is 0 Å². The molecule has 6 heteroatoms. The van der Waals surface area contributed by atoms with Crippen LogP contribution in [0, 0.1) is 6.92 Å². The third-order valence-electron chi connectivity index (χ3n) is 5.48. The van der Waals surface area contributed by atoms with Crippen molar-refractivity contribution in [1.29, 1.82) is 0 Å². The number of ether oxygens (including phenoxy) is 2. The van der Waals surface area contributed by atoms with Crippen molar-refractivity contribution in [2.75, 3.05) is 13.7 Å². The van der Waals surface area contributed by atoms with Gasteiger partial charge in [0.1, 0.15) is 0 Å². The van der Waals surface area contributed by atoms with Crippen LogP contribution in [0.1, 0.15) is 53.2 Å². The van der Waals surface area contributed by atoms with Gasteiger partial charge in [-0.2, -0.15) is 0 Å². The number of hydrogen-bond acceptors (Lipinski definition) is 5. The summed E-state index contributed by atoms with van der Waals surface area (Å²) >= 11 is 0. The fourth-order valence-corrected chi connectivity index (χ4v) is 3.90. The maximum atomic E-state index is 13.1. The molecule has 162 valence electrons. The largest absolute Gasteiger partial charge is 0.465 e. The minimum absolute atomic E-state index is 0.0610. The molecule has 1 aliphatic heterocycles. The Morgan fingerprint density at radius 2 is 1.77 bits per heavy atom. The van der Waals surface area contributed by atoms with Gasteiger partial charge < -0.3 is 14.4 Å². The van der Waals surface area contributed by atoms with Crippen molar-refractivity contribution in [1.82, 2.24) is 4.90 Å². The maximum Gasteiger partial charge on any atom is 0.337 e. The highest BCUT2D eigenvalue weighted by Gasteiger charge is 2.36. The molecule has 0 fully saturated rings. The quantitative estimate of drug-likeness (QED) is 0.656. The fourth-order valence-electron chi connectivity index (χ4n) is 3.90. The number of nitrogens with zero attached hydrogens (tertiary/aromatic N) is 1. The molecule has 2 aromatic carbocycles. The van der Waals surface area contributed by atoms with Crippen molar-refractivity contribution in [2.45, 2.75) is 39.7 Å². The van der Waals surface area contributed by atoms with Gasteiger partial charge >= 0.3 is 11.9 Å². The van der Waals surface area contributed by atoms with Crippen LogP contribution in [0.5, 0.6) is 0 Å². The van der Waals surface area contributed by atoms with Crippen molar-refractivity contribution < 1.29 is 23.9 Å². The summed E-state index contributed by atoms with van der Waals surface area (Å²) in [6.07, 6.45) is 0.190. The zero-order valence-corrected chi connectivity index (χ0v) is 18.3. The molecule has 0 N–H and O–H groups in total. The van der Waals surface area contributed by atoms with Gasteiger partial charge in [-0.25, -0.2) is 9.59 Å². The highest BCUT2D eigenvalue weighted by atomic mass is 16.5. The fraction of sp³-hybridized carbons (Fsp3) is 0.320. The molecular formula is C25H27NO5. The van der Waals surface area contributed by atoms with E-state index in [0.717, 1.165) is 16.7 Å². The van der Waals surface area contributed by atoms with E-state index in [4.69, 9.17) is 9.47 Å². The van der Waals surface area contributed by atoms with Gasteiger partial charge in [0.2, 0.25) is 5.91 Å². The summed E-state index contributed by atoms with van der Waals surface area (Å²) in [4.78, 5) is 39.2. The van der Waals surface area contributed by atoms with Crippen LogP contribution in [-0.4, -0.2) is 36.5 Å². The first-order valence-corrected chi connectivity index (χ1v) is 10.3. The van der Waals surface area contributed by atoms with E-state index in [1.165, 1.54) is 7.11 Å². The van der Waals surface area contributed by atoms with E-state index in [1.54, 1.807) is 43.0 Å². The molecule has 0 saturated carbocycles. The highest BCUT2D eigenvalue weighted by Crippen LogP contribution is 2.38. The van der Waals surface area contributed by atoms with Crippen LogP contribution in [0.4, 0.5) is 0 Å². The Bertz CT molecular complexity index is 1020. The summed E-state index contributed by atoms with van der Waals surface area (Å²) in [5, 5.41) is 0. The summed E-state index contributed by atoms with van der Waals surface area (Å²) in [5.41, 5.74) is 4.39. The number of methoxy groups -OCH3 is 1. The lowest BCUT2D eigenvalue weighted by molar-refractivity contribution is -0.140. The van der Waals surface area contributed by atoms with Gasteiger partial charge in [-0.15, -0.1) is 0 Å². The van der Waals surface area contributed by atoms with Crippen LogP contribution in [-0.2, 0) is 25.6 Å². The molecule has 31 heavy (non-hydrogen) atoms. The van der Waals surface area contributed by atoms with Crippen LogP contribution >= 0.6 is 0 Å². The van der Waals surface area contributed by atoms with Crippen molar-refractivity contribution in [3.63, 3.8) is 0 Å². The Hall–Kier alpha value is -3.41. The first kappa shape index (κ1) is 22.3. The molecule has 2 aromatic rings. The van der Waals surface area contributed by atoms with Crippen molar-refractivity contribution >= 4 is 17.8 Å². The SMILES string of the molecule is CCOC(=O)C1=C(C)N(Cc2ccc(C(=O)OC)cc2)C(=O)C[C@@H]1c1cccc(C)c1. The van der Waals surface area contributed by atoms with E-state index in [0.29, 0.717) is 23.4 Å². The summed E-state index contributed by atoms with van der Waals surface area (Å²) in [7, 11) is 1.33. The maximum absolute atomic E-state index is 13.1. The third-order valence-corrected chi connectivity index (χ3v) is 5.48. The van der Waals surface area contributed by atoms with E-state index in [1.807, 2.05) is 31.2 Å². The Morgan fingerprint density at radius 3 is 2.39 bits per heavy atom. The van der Waals surface area contributed by atoms with Gasteiger partial charge in [0.05, 0.1) is 31.4 Å². The standard InChI is InChI=1S/C25H27NO5/c1-5-31-25(29)23-17(3)26(15-18-9-11-19(12-10-18)24(28)30-4)22(27)14-21(23)20-8-6-7-16(2)13-20/h6-13,21H,5,14-15H2,1-4H3/t21-/m1/s1. The Kier molecular flexibility index (Phi) is 6.90. The average molecular weight is 421 g/mol. The van der Waals surface area contributed by atoms with Crippen molar-refractivity contribution in [3.05, 3.63) is 82.1 Å². The Balaban J connectivity index is 1.96. The summed E-state index contributed by atoms with van der Waals surface area (Å²) in [6, 6.07) is 14.8. The number of rotatable bonds is 6. The molecule has 1 aliphatic rings. The van der Waals surface area contributed by atoms with Crippen LogP contribution in [0.3, 0.4) is 0 Å². The van der Waals surface area contributed by atoms with Gasteiger partial charge in [0.15, 0.2) is 0 Å². The topological polar surface area (TPSA) is 72.9 Å². The zero-order valence-electron chi connectivity index (χ0n) is 18.3. The second-order valence-corrected chi connectivity index (χ2v) is 7.56. The molecule has 1 atom stereocenters. The molecule has 3 rings (SSSR count). The molecule has 1 amide bonds. The average Bonchev–Trinajstić information content (AvgIpc) is 2.76. The highest BCUT2D eigenvalue weighted by molar-refractivity contribution is 5.96. The lowest BCUT2D eigenvalue weighted by Gasteiger charge is -2.34. The van der Waals surface area contributed by atoms with Gasteiger partial charge in [-0.3, -0.25) is 4.79 Å². The van der Waals surface area contributed by atoms with Gasteiger partial charge in [0.25, 0.3) is 0 Å². The molecule has 0 aromatic heterocycles. The summed E-state index contributed by atoms with van der Waals surface area (Å²) in [6.45, 7) is 6.10. The van der Waals surface area contributed by atoms with Crippen LogP contribution < -0.4 is 0 Å². The molecule has 0 unspecified atom stereocenters. The molecule has 1 heterocycles. The Morgan fingerprint density at radius 1 is 1.06 bits per heavy atom. The van der Waals surface area contributed by atoms with E-state index in [-0.39, 0.29) is 24.9 Å². The molecule has 0 radical (unpaired) electrons. The minimum Gasteiger partial charge on any atom is -0.465 e. The van der Waals surface area contributed by atoms with Crippen LogP contribution in [0.15, 0.2) is 59.8 Å². The Labute approximate surface area is 182 Å². The molecule has 6 nitrogen and oxygen atoms in total. The number of amides is 1. The molecule has 0 bridgehead atoms. The van der Waals surface area contributed by atoms with Gasteiger partial charge in [0, 0.05) is 18.0 Å². The van der Waals surface area contributed by atoms with E-state index in [9.17, 15) is 14.4 Å². The van der Waals surface area contributed by atoms with E-state index in [2.05, 4.69) is 0 Å².